The Morgan fingerprint density at radius 2 is 1.80 bits per heavy atom. The summed E-state index contributed by atoms with van der Waals surface area (Å²) in [5.41, 5.74) is 10.4. The molecule has 1 aromatic rings. The van der Waals surface area contributed by atoms with Crippen LogP contribution in [0.1, 0.15) is 56.7 Å². The summed E-state index contributed by atoms with van der Waals surface area (Å²) in [6, 6.07) is 8.10. The van der Waals surface area contributed by atoms with Gasteiger partial charge in [-0.3, -0.25) is 0 Å². The highest BCUT2D eigenvalue weighted by atomic mass is 14.9. The predicted molar refractivity (Wildman–Crippen MR) is 110 cm³/mol. The summed E-state index contributed by atoms with van der Waals surface area (Å²) in [5, 5.41) is 3.68. The second-order valence-electron chi connectivity index (χ2n) is 7.76. The Labute approximate surface area is 153 Å². The van der Waals surface area contributed by atoms with Gasteiger partial charge in [0.05, 0.1) is 0 Å². The molecule has 1 heteroatoms. The molecule has 25 heavy (non-hydrogen) atoms. The van der Waals surface area contributed by atoms with Crippen LogP contribution in [0.2, 0.25) is 0 Å². The third-order valence-corrected chi connectivity index (χ3v) is 5.51. The quantitative estimate of drug-likeness (QED) is 0.663. The van der Waals surface area contributed by atoms with Crippen molar-refractivity contribution in [3.05, 3.63) is 76.4 Å². The summed E-state index contributed by atoms with van der Waals surface area (Å²) in [7, 11) is 0. The van der Waals surface area contributed by atoms with Crippen molar-refractivity contribution in [3.63, 3.8) is 0 Å². The molecule has 0 radical (unpaired) electrons. The number of hydrogen-bond acceptors (Lipinski definition) is 1. The molecule has 132 valence electrons. The van der Waals surface area contributed by atoms with Crippen molar-refractivity contribution in [2.45, 2.75) is 65.5 Å². The van der Waals surface area contributed by atoms with Gasteiger partial charge in [-0.25, -0.2) is 0 Å². The van der Waals surface area contributed by atoms with Gasteiger partial charge < -0.3 is 5.32 Å². The third kappa shape index (κ3) is 3.88. The van der Waals surface area contributed by atoms with Crippen LogP contribution >= 0.6 is 0 Å². The molecule has 0 spiro atoms. The zero-order valence-electron chi connectivity index (χ0n) is 16.2. The number of hydrogen-bond donors (Lipinski definition) is 1. The maximum absolute atomic E-state index is 3.84. The van der Waals surface area contributed by atoms with Crippen LogP contribution in [0, 0.1) is 6.92 Å². The van der Waals surface area contributed by atoms with Crippen LogP contribution in [0.25, 0.3) is 5.57 Å². The first-order chi connectivity index (χ1) is 12.0. The van der Waals surface area contributed by atoms with E-state index in [-0.39, 0.29) is 0 Å². The lowest BCUT2D eigenvalue weighted by Gasteiger charge is -2.31. The fourth-order valence-electron chi connectivity index (χ4n) is 4.47. The number of allylic oxidation sites excluding steroid dienone is 6. The maximum Gasteiger partial charge on any atom is 0.00788 e. The van der Waals surface area contributed by atoms with Gasteiger partial charge in [0.1, 0.15) is 0 Å². The molecule has 1 aliphatic carbocycles. The van der Waals surface area contributed by atoms with Crippen molar-refractivity contribution >= 4 is 5.57 Å². The molecule has 1 nitrogen and oxygen atoms in total. The van der Waals surface area contributed by atoms with Crippen molar-refractivity contribution in [2.24, 2.45) is 0 Å². The summed E-state index contributed by atoms with van der Waals surface area (Å²) >= 11 is 0. The van der Waals surface area contributed by atoms with Crippen molar-refractivity contribution in [2.75, 3.05) is 0 Å². The highest BCUT2D eigenvalue weighted by Crippen LogP contribution is 2.40. The van der Waals surface area contributed by atoms with Gasteiger partial charge in [-0.1, -0.05) is 54.1 Å². The lowest BCUT2D eigenvalue weighted by Crippen LogP contribution is -2.39. The van der Waals surface area contributed by atoms with E-state index in [1.165, 1.54) is 33.4 Å². The summed E-state index contributed by atoms with van der Waals surface area (Å²) < 4.78 is 0. The molecule has 0 bridgehead atoms. The Bertz CT molecular complexity index is 748. The van der Waals surface area contributed by atoms with Gasteiger partial charge in [0.15, 0.2) is 0 Å². The zero-order chi connectivity index (χ0) is 18.0. The lowest BCUT2D eigenvalue weighted by molar-refractivity contribution is 0.412. The molecule has 1 aliphatic heterocycles. The predicted octanol–water partition coefficient (Wildman–Crippen LogP) is 5.91. The minimum absolute atomic E-state index is 0.545. The smallest absolute Gasteiger partial charge is 0.00788 e. The molecule has 0 saturated carbocycles. The number of benzene rings is 1. The van der Waals surface area contributed by atoms with E-state index in [2.05, 4.69) is 69.9 Å². The highest BCUT2D eigenvalue weighted by Gasteiger charge is 2.25. The Morgan fingerprint density at radius 1 is 1.08 bits per heavy atom. The average Bonchev–Trinajstić information content (AvgIpc) is 2.68. The van der Waals surface area contributed by atoms with Crippen LogP contribution in [0.15, 0.2) is 59.7 Å². The molecular weight excluding hydrogens is 302 g/mol. The Hall–Kier alpha value is -1.86. The third-order valence-electron chi connectivity index (χ3n) is 5.51. The number of rotatable bonds is 2. The number of nitrogens with one attached hydrogen (secondary N) is 1. The van der Waals surface area contributed by atoms with Gasteiger partial charge in [0.2, 0.25) is 0 Å². The van der Waals surface area contributed by atoms with Gasteiger partial charge >= 0.3 is 0 Å². The second-order valence-corrected chi connectivity index (χ2v) is 7.76. The minimum atomic E-state index is 0.545. The molecule has 2 atom stereocenters. The molecule has 2 aliphatic rings. The summed E-state index contributed by atoms with van der Waals surface area (Å²) in [6.07, 6.45) is 10.7. The van der Waals surface area contributed by atoms with Crippen molar-refractivity contribution < 1.29 is 0 Å². The normalized spacial score (nSPS) is 24.5. The maximum atomic E-state index is 3.84. The fraction of sp³-hybridized carbons (Fsp3) is 0.417. The van der Waals surface area contributed by atoms with E-state index in [1.807, 2.05) is 6.08 Å². The molecule has 1 saturated heterocycles. The van der Waals surface area contributed by atoms with Gasteiger partial charge in [-0.15, -0.1) is 0 Å². The first-order valence-corrected chi connectivity index (χ1v) is 9.56. The largest absolute Gasteiger partial charge is 0.311 e. The molecule has 1 heterocycles. The van der Waals surface area contributed by atoms with Crippen LogP contribution in [-0.2, 0) is 6.42 Å². The highest BCUT2D eigenvalue weighted by molar-refractivity contribution is 5.85. The molecule has 0 amide bonds. The van der Waals surface area contributed by atoms with E-state index >= 15 is 0 Å². The van der Waals surface area contributed by atoms with E-state index in [4.69, 9.17) is 0 Å². The Kier molecular flexibility index (Phi) is 5.44. The fourth-order valence-corrected chi connectivity index (χ4v) is 4.47. The summed E-state index contributed by atoms with van der Waals surface area (Å²) in [5.74, 6) is 0. The Balaban J connectivity index is 2.21. The monoisotopic (exact) mass is 333 g/mol. The van der Waals surface area contributed by atoms with E-state index in [0.29, 0.717) is 12.1 Å². The first kappa shape index (κ1) is 17.9. The summed E-state index contributed by atoms with van der Waals surface area (Å²) in [4.78, 5) is 0. The average molecular weight is 334 g/mol. The minimum Gasteiger partial charge on any atom is -0.311 e. The molecule has 2 unspecified atom stereocenters. The molecule has 0 aromatic heterocycles. The molecular formula is C24H31N. The lowest BCUT2D eigenvalue weighted by atomic mass is 9.83. The topological polar surface area (TPSA) is 12.0 Å². The van der Waals surface area contributed by atoms with E-state index in [9.17, 15) is 0 Å². The van der Waals surface area contributed by atoms with Crippen molar-refractivity contribution in [1.82, 2.24) is 5.32 Å². The van der Waals surface area contributed by atoms with Crippen LogP contribution in [0.5, 0.6) is 0 Å². The number of fused-ring (bicyclic) bond motifs is 1. The van der Waals surface area contributed by atoms with Gasteiger partial charge in [0.25, 0.3) is 0 Å². The van der Waals surface area contributed by atoms with Crippen LogP contribution in [0.3, 0.4) is 0 Å². The molecule has 1 N–H and O–H groups in total. The van der Waals surface area contributed by atoms with Gasteiger partial charge in [-0.2, -0.15) is 0 Å². The van der Waals surface area contributed by atoms with Crippen LogP contribution in [-0.4, -0.2) is 12.1 Å². The van der Waals surface area contributed by atoms with Crippen LogP contribution < -0.4 is 5.32 Å². The number of piperidine rings is 1. The molecule has 3 rings (SSSR count). The van der Waals surface area contributed by atoms with Crippen LogP contribution in [0.4, 0.5) is 0 Å². The SMILES string of the molecule is C=C/C=C\C1=C(C)C(=C2CC(C)NC(C)C2)c2ccc(C)cc2CC1. The zero-order valence-corrected chi connectivity index (χ0v) is 16.2. The molecule has 1 fully saturated rings. The van der Waals surface area contributed by atoms with E-state index in [1.54, 1.807) is 5.57 Å². The second kappa shape index (κ2) is 7.58. The molecule has 1 aromatic carbocycles. The Morgan fingerprint density at radius 3 is 2.48 bits per heavy atom. The summed E-state index contributed by atoms with van der Waals surface area (Å²) in [6.45, 7) is 13.0. The standard InChI is InChI=1S/C24H31N/c1-6-7-8-20-10-11-21-13-16(2)9-12-23(21)24(19(20)5)22-14-17(3)25-18(4)15-22/h6-9,12-13,17-18,25H,1,10-11,14-15H2,2-5H3/b8-7-,24-22?. The van der Waals surface area contributed by atoms with Crippen molar-refractivity contribution in [3.8, 4) is 0 Å². The van der Waals surface area contributed by atoms with E-state index in [0.717, 1.165) is 25.7 Å². The van der Waals surface area contributed by atoms with E-state index < -0.39 is 0 Å². The van der Waals surface area contributed by atoms with Gasteiger partial charge in [-0.05, 0) is 81.2 Å². The van der Waals surface area contributed by atoms with Gasteiger partial charge in [0, 0.05) is 12.1 Å². The number of aryl methyl sites for hydroxylation is 2. The van der Waals surface area contributed by atoms with Crippen molar-refractivity contribution in [1.29, 1.82) is 0 Å². The first-order valence-electron chi connectivity index (χ1n) is 9.56.